The molecule has 0 aliphatic carbocycles. The lowest BCUT2D eigenvalue weighted by Gasteiger charge is -2.26. The number of hydrogen-bond acceptors (Lipinski definition) is 10. The van der Waals surface area contributed by atoms with Crippen molar-refractivity contribution in [2.45, 2.75) is 38.5 Å². The quantitative estimate of drug-likeness (QED) is 0.105. The zero-order valence-corrected chi connectivity index (χ0v) is 34.0. The molecule has 10 heteroatoms. The van der Waals surface area contributed by atoms with Crippen molar-refractivity contribution in [2.75, 3.05) is 0 Å². The highest BCUT2D eigenvalue weighted by Crippen LogP contribution is 2.35. The average Bonchev–Trinajstić information content (AvgIpc) is 3.25. The number of carbonyl (C=O) groups excluding carboxylic acids is 3. The maximum absolute atomic E-state index is 12.0. The molecule has 0 heterocycles. The first-order chi connectivity index (χ1) is 29.3. The molecule has 61 heavy (non-hydrogen) atoms. The lowest BCUT2D eigenvalue weighted by atomic mass is 9.78. The fraction of sp³-hybridized carbons (Fsp3) is 0.118. The van der Waals surface area contributed by atoms with Gasteiger partial charge in [0.25, 0.3) is 0 Å². The van der Waals surface area contributed by atoms with Gasteiger partial charge in [-0.2, -0.15) is 0 Å². The zero-order valence-electron chi connectivity index (χ0n) is 34.0. The Hall–Kier alpha value is -7.85. The summed E-state index contributed by atoms with van der Waals surface area (Å²) in [5, 5.41) is 9.46. The van der Waals surface area contributed by atoms with Crippen molar-refractivity contribution in [2.24, 2.45) is 0 Å². The van der Waals surface area contributed by atoms with Gasteiger partial charge in [0.05, 0.1) is 0 Å². The Labute approximate surface area is 354 Å². The Morgan fingerprint density at radius 2 is 0.508 bits per heavy atom. The Morgan fingerprint density at radius 3 is 0.738 bits per heavy atom. The number of hydrogen-bond donors (Lipinski definition) is 1. The highest BCUT2D eigenvalue weighted by atomic mass is 16.7. The van der Waals surface area contributed by atoms with Crippen molar-refractivity contribution < 1.29 is 47.9 Å². The number of benzene rings is 7. The molecule has 308 valence electrons. The van der Waals surface area contributed by atoms with Crippen LogP contribution in [0.25, 0.3) is 0 Å². The molecule has 10 nitrogen and oxygen atoms in total. The lowest BCUT2D eigenvalue weighted by Crippen LogP contribution is -2.19. The van der Waals surface area contributed by atoms with Gasteiger partial charge in [-0.1, -0.05) is 131 Å². The predicted molar refractivity (Wildman–Crippen MR) is 231 cm³/mol. The zero-order chi connectivity index (χ0) is 43.2. The van der Waals surface area contributed by atoms with Gasteiger partial charge < -0.3 is 33.5 Å². The summed E-state index contributed by atoms with van der Waals surface area (Å²) in [7, 11) is 0. The van der Waals surface area contributed by atoms with Gasteiger partial charge in [-0.05, 0) is 107 Å². The maximum atomic E-state index is 12.0. The van der Waals surface area contributed by atoms with E-state index in [0.29, 0.717) is 34.5 Å². The monoisotopic (exact) mass is 816 g/mol. The number of phenols is 1. The summed E-state index contributed by atoms with van der Waals surface area (Å²) >= 11 is 0. The smallest absolute Gasteiger partial charge is 0.508 e. The van der Waals surface area contributed by atoms with E-state index < -0.39 is 18.5 Å². The van der Waals surface area contributed by atoms with Crippen LogP contribution in [0.4, 0.5) is 14.4 Å². The van der Waals surface area contributed by atoms with Crippen LogP contribution in [0.2, 0.25) is 0 Å². The van der Waals surface area contributed by atoms with Crippen molar-refractivity contribution in [3.63, 3.8) is 0 Å². The van der Waals surface area contributed by atoms with Gasteiger partial charge >= 0.3 is 18.5 Å². The van der Waals surface area contributed by atoms with Crippen LogP contribution in [0.3, 0.4) is 0 Å². The minimum Gasteiger partial charge on any atom is -0.508 e. The molecule has 0 amide bonds. The van der Waals surface area contributed by atoms with E-state index in [1.54, 1.807) is 121 Å². The predicted octanol–water partition coefficient (Wildman–Crippen LogP) is 12.5. The first-order valence-electron chi connectivity index (χ1n) is 19.3. The van der Waals surface area contributed by atoms with Crippen LogP contribution >= 0.6 is 0 Å². The molecular formula is C51H44O10. The molecule has 0 aromatic heterocycles. The summed E-state index contributed by atoms with van der Waals surface area (Å²) < 4.78 is 31.2. The summed E-state index contributed by atoms with van der Waals surface area (Å²) in [5.41, 5.74) is 3.56. The van der Waals surface area contributed by atoms with Crippen LogP contribution in [-0.4, -0.2) is 23.6 Å². The number of para-hydroxylation sites is 3. The summed E-state index contributed by atoms with van der Waals surface area (Å²) in [6, 6.07) is 55.2. The SMILES string of the molecule is CC(C)(c1ccc(O)cc1)c1ccc(OC(=O)Oc2ccccc2)cc1.CC(C)(c1ccc(OC(=O)Oc2ccccc2)cc1)c1ccc(OC(=O)Oc2ccccc2)cc1. The molecule has 0 fully saturated rings. The normalized spacial score (nSPS) is 10.9. The van der Waals surface area contributed by atoms with Gasteiger partial charge in [0.2, 0.25) is 0 Å². The van der Waals surface area contributed by atoms with E-state index in [2.05, 4.69) is 27.7 Å². The molecule has 0 radical (unpaired) electrons. The van der Waals surface area contributed by atoms with Crippen LogP contribution in [-0.2, 0) is 10.8 Å². The molecule has 1 N–H and O–H groups in total. The first kappa shape index (κ1) is 42.7. The van der Waals surface area contributed by atoms with E-state index in [1.807, 2.05) is 66.7 Å². The first-order valence-corrected chi connectivity index (χ1v) is 19.3. The van der Waals surface area contributed by atoms with E-state index in [4.69, 9.17) is 28.4 Å². The Kier molecular flexibility index (Phi) is 13.8. The van der Waals surface area contributed by atoms with Crippen molar-refractivity contribution in [1.82, 2.24) is 0 Å². The summed E-state index contributed by atoms with van der Waals surface area (Å²) in [4.78, 5) is 35.9. The molecule has 0 unspecified atom stereocenters. The molecule has 7 aromatic carbocycles. The van der Waals surface area contributed by atoms with Crippen molar-refractivity contribution in [3.05, 3.63) is 210 Å². The van der Waals surface area contributed by atoms with Crippen LogP contribution in [0.1, 0.15) is 49.9 Å². The third kappa shape index (κ3) is 12.1. The Balaban J connectivity index is 0.000000213. The summed E-state index contributed by atoms with van der Waals surface area (Å²) in [6.45, 7) is 8.34. The van der Waals surface area contributed by atoms with Gasteiger partial charge in [-0.15, -0.1) is 0 Å². The van der Waals surface area contributed by atoms with Gasteiger partial charge in [0, 0.05) is 10.8 Å². The summed E-state index contributed by atoms with van der Waals surface area (Å²) in [6.07, 6.45) is -2.38. The molecule has 0 spiro atoms. The van der Waals surface area contributed by atoms with E-state index in [9.17, 15) is 19.5 Å². The highest BCUT2D eigenvalue weighted by Gasteiger charge is 2.25. The fourth-order valence-electron chi connectivity index (χ4n) is 6.14. The second-order valence-corrected chi connectivity index (χ2v) is 14.7. The largest absolute Gasteiger partial charge is 0.519 e. The number of aromatic hydroxyl groups is 1. The van der Waals surface area contributed by atoms with Crippen molar-refractivity contribution >= 4 is 18.5 Å². The maximum Gasteiger partial charge on any atom is 0.519 e. The number of rotatable bonds is 10. The number of ether oxygens (including phenoxy) is 6. The molecule has 7 aromatic rings. The minimum atomic E-state index is -0.801. The second-order valence-electron chi connectivity index (χ2n) is 14.7. The molecule has 0 saturated carbocycles. The van der Waals surface area contributed by atoms with Crippen molar-refractivity contribution in [1.29, 1.82) is 0 Å². The Morgan fingerprint density at radius 1 is 0.311 bits per heavy atom. The van der Waals surface area contributed by atoms with Crippen LogP contribution in [0.5, 0.6) is 40.2 Å². The number of carbonyl (C=O) groups is 3. The van der Waals surface area contributed by atoms with Crippen LogP contribution in [0, 0.1) is 0 Å². The highest BCUT2D eigenvalue weighted by molar-refractivity contribution is 5.68. The average molecular weight is 817 g/mol. The molecular weight excluding hydrogens is 773 g/mol. The third-order valence-corrected chi connectivity index (χ3v) is 9.75. The number of phenolic OH excluding ortho intramolecular Hbond substituents is 1. The molecule has 0 aliphatic rings. The molecule has 0 bridgehead atoms. The third-order valence-electron chi connectivity index (χ3n) is 9.75. The van der Waals surface area contributed by atoms with Crippen LogP contribution in [0.15, 0.2) is 188 Å². The molecule has 7 rings (SSSR count). The minimum absolute atomic E-state index is 0.241. The molecule has 0 aliphatic heterocycles. The summed E-state index contributed by atoms with van der Waals surface area (Å²) in [5.74, 6) is 2.67. The molecule has 0 atom stereocenters. The fourth-order valence-corrected chi connectivity index (χ4v) is 6.14. The topological polar surface area (TPSA) is 127 Å². The van der Waals surface area contributed by atoms with E-state index >= 15 is 0 Å². The van der Waals surface area contributed by atoms with E-state index in [1.165, 1.54) is 0 Å². The second kappa shape index (κ2) is 19.7. The van der Waals surface area contributed by atoms with Crippen LogP contribution < -0.4 is 28.4 Å². The van der Waals surface area contributed by atoms with Gasteiger partial charge in [-0.3, -0.25) is 0 Å². The standard InChI is InChI=1S/C29H24O6.C22H20O4/c1-29(2,21-13-17-25(18-14-21)34-27(30)32-23-9-5-3-6-10-23)22-15-19-26(20-16-22)35-28(31)33-24-11-7-4-8-12-24;1-22(2,16-8-12-18(23)13-9-16)17-10-14-20(15-11-17)26-21(24)25-19-6-4-3-5-7-19/h3-20H,1-2H3;3-15,23H,1-2H3. The van der Waals surface area contributed by atoms with E-state index in [-0.39, 0.29) is 16.6 Å². The molecule has 0 saturated heterocycles. The van der Waals surface area contributed by atoms with Gasteiger partial charge in [-0.25, -0.2) is 14.4 Å². The van der Waals surface area contributed by atoms with Gasteiger partial charge in [0.1, 0.15) is 40.2 Å². The van der Waals surface area contributed by atoms with Crippen molar-refractivity contribution in [3.8, 4) is 40.2 Å². The Bertz CT molecular complexity index is 2380. The van der Waals surface area contributed by atoms with E-state index in [0.717, 1.165) is 22.3 Å². The van der Waals surface area contributed by atoms with Gasteiger partial charge in [0.15, 0.2) is 0 Å². The lowest BCUT2D eigenvalue weighted by molar-refractivity contribution is 0.150.